The molecule has 0 radical (unpaired) electrons. The SMILES string of the molecule is c1ccc(-c2ccc3ccc4ccc(-c5ccc(-c6ccc7ccc(-c8ccc9ccc(-c%10cncc%11ccccc%10%11)nc9c8)nc7c6)c6ccccc56)nc4c3n2)cc1. The average molecular weight is 764 g/mol. The van der Waals surface area contributed by atoms with Crippen LogP contribution in [0.2, 0.25) is 0 Å². The molecule has 0 bridgehead atoms. The lowest BCUT2D eigenvalue weighted by Crippen LogP contribution is -1.92. The molecule has 0 saturated heterocycles. The summed E-state index contributed by atoms with van der Waals surface area (Å²) in [4.78, 5) is 25.3. The first-order valence-electron chi connectivity index (χ1n) is 20.1. The summed E-state index contributed by atoms with van der Waals surface area (Å²) in [5.74, 6) is 0. The van der Waals surface area contributed by atoms with Crippen molar-refractivity contribution in [2.45, 2.75) is 0 Å². The topological polar surface area (TPSA) is 64.5 Å². The molecule has 60 heavy (non-hydrogen) atoms. The predicted molar refractivity (Wildman–Crippen MR) is 248 cm³/mol. The van der Waals surface area contributed by atoms with E-state index in [0.717, 1.165) is 121 Å². The van der Waals surface area contributed by atoms with Crippen LogP contribution in [-0.2, 0) is 0 Å². The van der Waals surface area contributed by atoms with Gasteiger partial charge in [-0.25, -0.2) is 19.9 Å². The summed E-state index contributed by atoms with van der Waals surface area (Å²) in [5, 5.41) is 8.84. The van der Waals surface area contributed by atoms with Crippen LogP contribution >= 0.6 is 0 Å². The maximum Gasteiger partial charge on any atom is 0.0972 e. The highest BCUT2D eigenvalue weighted by Crippen LogP contribution is 2.38. The Labute approximate surface area is 345 Å². The van der Waals surface area contributed by atoms with Crippen LogP contribution in [0, 0.1) is 0 Å². The number of nitrogens with zero attached hydrogens (tertiary/aromatic N) is 5. The van der Waals surface area contributed by atoms with E-state index in [1.807, 2.05) is 36.7 Å². The van der Waals surface area contributed by atoms with Crippen LogP contribution in [0.25, 0.3) is 121 Å². The third-order valence-electron chi connectivity index (χ3n) is 11.7. The first kappa shape index (κ1) is 33.9. The smallest absolute Gasteiger partial charge is 0.0972 e. The van der Waals surface area contributed by atoms with E-state index in [9.17, 15) is 0 Å². The molecule has 0 unspecified atom stereocenters. The minimum absolute atomic E-state index is 0.900. The van der Waals surface area contributed by atoms with Gasteiger partial charge in [-0.1, -0.05) is 152 Å². The predicted octanol–water partition coefficient (Wildman–Crippen LogP) is 13.9. The zero-order valence-electron chi connectivity index (χ0n) is 32.3. The van der Waals surface area contributed by atoms with Crippen LogP contribution in [0.15, 0.2) is 200 Å². The summed E-state index contributed by atoms with van der Waals surface area (Å²) < 4.78 is 0. The molecule has 12 aromatic rings. The van der Waals surface area contributed by atoms with Gasteiger partial charge in [0.2, 0.25) is 0 Å². The van der Waals surface area contributed by atoms with Gasteiger partial charge in [-0.15, -0.1) is 0 Å². The van der Waals surface area contributed by atoms with Crippen molar-refractivity contribution in [3.05, 3.63) is 200 Å². The lowest BCUT2D eigenvalue weighted by Gasteiger charge is -2.13. The highest BCUT2D eigenvalue weighted by molar-refractivity contribution is 6.08. The van der Waals surface area contributed by atoms with Crippen molar-refractivity contribution < 1.29 is 0 Å². The van der Waals surface area contributed by atoms with Gasteiger partial charge in [0.1, 0.15) is 0 Å². The number of aromatic nitrogens is 5. The maximum absolute atomic E-state index is 5.31. The third kappa shape index (κ3) is 5.75. The molecular formula is C55H33N5. The van der Waals surface area contributed by atoms with Gasteiger partial charge in [0.25, 0.3) is 0 Å². The molecule has 7 aromatic carbocycles. The quantitative estimate of drug-likeness (QED) is 0.163. The van der Waals surface area contributed by atoms with Gasteiger partial charge in [0.05, 0.1) is 44.8 Å². The molecule has 5 heteroatoms. The molecule has 5 heterocycles. The first-order valence-corrected chi connectivity index (χ1v) is 20.1. The first-order chi connectivity index (χ1) is 29.7. The minimum atomic E-state index is 0.900. The Morgan fingerprint density at radius 1 is 0.267 bits per heavy atom. The molecule has 0 aliphatic heterocycles. The lowest BCUT2D eigenvalue weighted by atomic mass is 9.93. The number of hydrogen-bond acceptors (Lipinski definition) is 5. The van der Waals surface area contributed by atoms with E-state index < -0.39 is 0 Å². The zero-order valence-corrected chi connectivity index (χ0v) is 32.3. The second-order valence-electron chi connectivity index (χ2n) is 15.3. The maximum atomic E-state index is 5.31. The standard InChI is InChI=1S/C55H33N5/c1-2-8-34(9-3-1)48-27-22-37-16-17-38-23-29-50(60-55(38)54(37)59-48)46-25-24-43(44-12-6-7-13-45(44)46)39-18-14-35-20-26-49(57-52(35)30-39)40-19-15-36-21-28-51(58-53(36)31-40)47-33-56-32-41-10-4-5-11-42(41)47/h1-33H. The Kier molecular flexibility index (Phi) is 7.78. The molecule has 0 saturated carbocycles. The van der Waals surface area contributed by atoms with Crippen molar-refractivity contribution in [1.29, 1.82) is 0 Å². The number of rotatable bonds is 5. The second-order valence-corrected chi connectivity index (χ2v) is 15.3. The highest BCUT2D eigenvalue weighted by atomic mass is 14.8. The van der Waals surface area contributed by atoms with E-state index >= 15 is 0 Å². The van der Waals surface area contributed by atoms with Gasteiger partial charge in [-0.3, -0.25) is 4.98 Å². The van der Waals surface area contributed by atoms with Crippen LogP contribution in [0.4, 0.5) is 0 Å². The molecule has 12 rings (SSSR count). The largest absolute Gasteiger partial charge is 0.263 e. The molecule has 5 aromatic heterocycles. The molecule has 0 aliphatic rings. The van der Waals surface area contributed by atoms with Crippen molar-refractivity contribution in [1.82, 2.24) is 24.9 Å². The van der Waals surface area contributed by atoms with Crippen molar-refractivity contribution in [3.63, 3.8) is 0 Å². The van der Waals surface area contributed by atoms with Crippen molar-refractivity contribution >= 4 is 65.2 Å². The fourth-order valence-electron chi connectivity index (χ4n) is 8.65. The number of pyridine rings is 5. The molecule has 0 fully saturated rings. The summed E-state index contributed by atoms with van der Waals surface area (Å²) in [6.07, 6.45) is 3.80. The summed E-state index contributed by atoms with van der Waals surface area (Å²) in [6, 6.07) is 65.9. The molecule has 0 N–H and O–H groups in total. The van der Waals surface area contributed by atoms with Gasteiger partial charge < -0.3 is 0 Å². The Balaban J connectivity index is 0.923. The molecule has 0 spiro atoms. The van der Waals surface area contributed by atoms with Crippen LogP contribution in [0.1, 0.15) is 0 Å². The Morgan fingerprint density at radius 2 is 0.767 bits per heavy atom. The summed E-state index contributed by atoms with van der Waals surface area (Å²) in [6.45, 7) is 0. The molecule has 278 valence electrons. The molecule has 0 aliphatic carbocycles. The van der Waals surface area contributed by atoms with E-state index in [1.165, 1.54) is 0 Å². The Bertz CT molecular complexity index is 3670. The normalized spacial score (nSPS) is 11.7. The van der Waals surface area contributed by atoms with E-state index in [1.54, 1.807) is 0 Å². The van der Waals surface area contributed by atoms with Gasteiger partial charge >= 0.3 is 0 Å². The van der Waals surface area contributed by atoms with Crippen molar-refractivity contribution in [2.24, 2.45) is 0 Å². The zero-order chi connectivity index (χ0) is 39.6. The lowest BCUT2D eigenvalue weighted by molar-refractivity contribution is 1.33. The number of hydrogen-bond donors (Lipinski definition) is 0. The highest BCUT2D eigenvalue weighted by Gasteiger charge is 2.15. The van der Waals surface area contributed by atoms with E-state index in [4.69, 9.17) is 19.9 Å². The van der Waals surface area contributed by atoms with E-state index in [2.05, 4.69) is 169 Å². The Hall–Kier alpha value is -8.15. The second kappa shape index (κ2) is 13.8. The molecule has 0 atom stereocenters. The fourth-order valence-corrected chi connectivity index (χ4v) is 8.65. The summed E-state index contributed by atoms with van der Waals surface area (Å²) in [5.41, 5.74) is 13.8. The number of benzene rings is 7. The van der Waals surface area contributed by atoms with Gasteiger partial charge in [-0.2, -0.15) is 0 Å². The molecule has 5 nitrogen and oxygen atoms in total. The molecule has 0 amide bonds. The van der Waals surface area contributed by atoms with Crippen LogP contribution in [0.5, 0.6) is 0 Å². The van der Waals surface area contributed by atoms with Crippen LogP contribution in [-0.4, -0.2) is 24.9 Å². The van der Waals surface area contributed by atoms with Gasteiger partial charge in [-0.05, 0) is 63.7 Å². The molecular weight excluding hydrogens is 731 g/mol. The van der Waals surface area contributed by atoms with E-state index in [0.29, 0.717) is 0 Å². The monoisotopic (exact) mass is 763 g/mol. The van der Waals surface area contributed by atoms with Crippen LogP contribution < -0.4 is 0 Å². The Morgan fingerprint density at radius 3 is 1.52 bits per heavy atom. The van der Waals surface area contributed by atoms with Crippen LogP contribution in [0.3, 0.4) is 0 Å². The average Bonchev–Trinajstić information content (AvgIpc) is 3.32. The number of fused-ring (bicyclic) bond motifs is 7. The summed E-state index contributed by atoms with van der Waals surface area (Å²) in [7, 11) is 0. The van der Waals surface area contributed by atoms with Gasteiger partial charge in [0, 0.05) is 61.6 Å². The fraction of sp³-hybridized carbons (Fsp3) is 0. The van der Waals surface area contributed by atoms with Gasteiger partial charge in [0.15, 0.2) is 0 Å². The summed E-state index contributed by atoms with van der Waals surface area (Å²) >= 11 is 0. The van der Waals surface area contributed by atoms with Crippen molar-refractivity contribution in [2.75, 3.05) is 0 Å². The van der Waals surface area contributed by atoms with E-state index in [-0.39, 0.29) is 0 Å². The third-order valence-corrected chi connectivity index (χ3v) is 11.7. The van der Waals surface area contributed by atoms with Crippen molar-refractivity contribution in [3.8, 4) is 56.2 Å². The minimum Gasteiger partial charge on any atom is -0.263 e.